The number of hydrogen-bond acceptors (Lipinski definition) is 7. The number of fused-ring (bicyclic) bond motifs is 1. The molecule has 5 amide bonds. The number of nitrogens with zero attached hydrogens (tertiary/aromatic N) is 3. The van der Waals surface area contributed by atoms with Gasteiger partial charge >= 0.3 is 0 Å². The first-order valence-electron chi connectivity index (χ1n) is 16.0. The van der Waals surface area contributed by atoms with Gasteiger partial charge in [0.15, 0.2) is 0 Å². The lowest BCUT2D eigenvalue weighted by Crippen LogP contribution is -2.57. The Kier molecular flexibility index (Phi) is 11.4. The molecule has 5 rings (SSSR count). The van der Waals surface area contributed by atoms with Crippen molar-refractivity contribution in [3.8, 4) is 0 Å². The van der Waals surface area contributed by atoms with Gasteiger partial charge in [-0.05, 0) is 36.1 Å². The Labute approximate surface area is 280 Å². The van der Waals surface area contributed by atoms with E-state index in [1.54, 1.807) is 36.2 Å². The van der Waals surface area contributed by atoms with Gasteiger partial charge in [-0.15, -0.1) is 0 Å². The first kappa shape index (κ1) is 33.9. The minimum absolute atomic E-state index is 0.251. The number of likely N-dealkylation sites (N-methyl/N-ethyl adjacent to an activating group) is 1. The largest absolute Gasteiger partial charge is 0.357 e. The van der Waals surface area contributed by atoms with Crippen molar-refractivity contribution in [2.24, 2.45) is 0 Å². The Morgan fingerprint density at radius 2 is 1.40 bits per heavy atom. The van der Waals surface area contributed by atoms with Gasteiger partial charge in [0, 0.05) is 46.2 Å². The molecule has 1 saturated heterocycles. The van der Waals surface area contributed by atoms with Crippen LogP contribution in [0.25, 0.3) is 0 Å². The van der Waals surface area contributed by atoms with Gasteiger partial charge in [0.2, 0.25) is 17.7 Å². The van der Waals surface area contributed by atoms with E-state index in [-0.39, 0.29) is 42.6 Å². The molecule has 10 nitrogen and oxygen atoms in total. The molecule has 2 heterocycles. The normalized spacial score (nSPS) is 18.0. The first-order valence-corrected chi connectivity index (χ1v) is 16.5. The molecular weight excluding hydrogens is 614 g/mol. The van der Waals surface area contributed by atoms with E-state index in [1.807, 2.05) is 60.7 Å². The fraction of sp³-hybridized carbons (Fsp3) is 0.361. The van der Waals surface area contributed by atoms with Crippen LogP contribution in [0.3, 0.4) is 0 Å². The zero-order valence-corrected chi connectivity index (χ0v) is 27.4. The molecule has 2 aliphatic rings. The Hall–Kier alpha value is -4.48. The first-order chi connectivity index (χ1) is 22.8. The van der Waals surface area contributed by atoms with Crippen molar-refractivity contribution in [3.63, 3.8) is 0 Å². The third kappa shape index (κ3) is 8.28. The topological polar surface area (TPSA) is 119 Å². The van der Waals surface area contributed by atoms with Gasteiger partial charge < -0.3 is 15.5 Å². The molecule has 3 aromatic rings. The predicted octanol–water partition coefficient (Wildman–Crippen LogP) is 2.94. The van der Waals surface area contributed by atoms with E-state index >= 15 is 0 Å². The van der Waals surface area contributed by atoms with Gasteiger partial charge in [-0.25, -0.2) is 0 Å². The molecule has 47 heavy (non-hydrogen) atoms. The maximum absolute atomic E-state index is 14.1. The van der Waals surface area contributed by atoms with Crippen molar-refractivity contribution in [1.82, 2.24) is 25.3 Å². The molecule has 0 radical (unpaired) electrons. The van der Waals surface area contributed by atoms with Crippen molar-refractivity contribution >= 4 is 42.2 Å². The second kappa shape index (κ2) is 15.9. The van der Waals surface area contributed by atoms with Crippen molar-refractivity contribution in [2.75, 3.05) is 33.2 Å². The average Bonchev–Trinajstić information content (AvgIpc) is 3.23. The summed E-state index contributed by atoms with van der Waals surface area (Å²) in [6, 6.07) is 24.6. The molecule has 0 spiro atoms. The summed E-state index contributed by atoms with van der Waals surface area (Å²) in [5, 5.41) is 4.95. The quantitative estimate of drug-likeness (QED) is 0.148. The number of hydrogen-bond donors (Lipinski definition) is 3. The van der Waals surface area contributed by atoms with Gasteiger partial charge in [-0.2, -0.15) is 12.6 Å². The number of rotatable bonds is 13. The van der Waals surface area contributed by atoms with Crippen LogP contribution >= 0.6 is 12.6 Å². The Bertz CT molecular complexity index is 1550. The zero-order chi connectivity index (χ0) is 33.3. The number of carbonyl (C=O) groups excluding carboxylic acids is 5. The number of amides is 5. The number of unbranched alkanes of at least 4 members (excludes halogenated alkanes) is 1. The van der Waals surface area contributed by atoms with Crippen LogP contribution in [0.5, 0.6) is 0 Å². The molecule has 0 bridgehead atoms. The minimum atomic E-state index is -0.885. The van der Waals surface area contributed by atoms with E-state index in [9.17, 15) is 24.0 Å². The molecule has 2 N–H and O–H groups in total. The molecule has 11 heteroatoms. The summed E-state index contributed by atoms with van der Waals surface area (Å²) in [6.07, 6.45) is 1.80. The summed E-state index contributed by atoms with van der Waals surface area (Å²) in [6.45, 7) is 1.96. The molecule has 3 atom stereocenters. The second-order valence-electron chi connectivity index (χ2n) is 12.0. The highest BCUT2D eigenvalue weighted by Crippen LogP contribution is 2.23. The molecule has 0 aliphatic carbocycles. The van der Waals surface area contributed by atoms with Crippen LogP contribution in [0.2, 0.25) is 0 Å². The van der Waals surface area contributed by atoms with Crippen molar-refractivity contribution in [2.45, 2.75) is 49.6 Å². The molecule has 0 unspecified atom stereocenters. The fourth-order valence-corrected chi connectivity index (χ4v) is 6.44. The van der Waals surface area contributed by atoms with E-state index in [0.29, 0.717) is 56.4 Å². The number of thiol groups is 1. The van der Waals surface area contributed by atoms with E-state index in [0.717, 1.165) is 11.1 Å². The number of benzene rings is 3. The monoisotopic (exact) mass is 655 g/mol. The van der Waals surface area contributed by atoms with E-state index in [2.05, 4.69) is 28.2 Å². The molecule has 0 aromatic heterocycles. The SMILES string of the molecule is CNC(=O)[C@H](Cc1ccccc1)N1CCN(Cc2ccccc2)C[C@H](NC(=O)[C@@H](S)CCCCN2C(=O)c3ccccc3C2=O)C1=O. The Morgan fingerprint density at radius 1 is 0.809 bits per heavy atom. The number of nitrogens with one attached hydrogen (secondary N) is 2. The van der Waals surface area contributed by atoms with Crippen molar-refractivity contribution in [1.29, 1.82) is 0 Å². The zero-order valence-electron chi connectivity index (χ0n) is 26.5. The Morgan fingerprint density at radius 3 is 2.02 bits per heavy atom. The molecule has 246 valence electrons. The lowest BCUT2D eigenvalue weighted by atomic mass is 10.0. The van der Waals surface area contributed by atoms with Gasteiger partial charge in [-0.3, -0.25) is 33.8 Å². The van der Waals surface area contributed by atoms with Crippen LogP contribution in [0.1, 0.15) is 51.1 Å². The Balaban J connectivity index is 1.24. The van der Waals surface area contributed by atoms with Crippen LogP contribution in [0.15, 0.2) is 84.9 Å². The highest BCUT2D eigenvalue weighted by molar-refractivity contribution is 7.81. The number of imide groups is 1. The number of carbonyl (C=O) groups is 5. The lowest BCUT2D eigenvalue weighted by Gasteiger charge is -2.31. The van der Waals surface area contributed by atoms with Gasteiger partial charge in [0.1, 0.15) is 12.1 Å². The minimum Gasteiger partial charge on any atom is -0.357 e. The third-order valence-corrected chi connectivity index (χ3v) is 9.22. The van der Waals surface area contributed by atoms with E-state index in [1.165, 1.54) is 4.90 Å². The molecular formula is C36H41N5O5S. The standard InChI is InChI=1S/C36H41N5O5S/c1-37-32(42)30(22-25-12-4-2-5-13-25)40-21-20-39(23-26-14-6-3-7-15-26)24-29(36(40)46)38-33(43)31(47)18-10-11-19-41-34(44)27-16-8-9-17-28(27)35(41)45/h2-9,12-17,29-31,47H,10-11,18-24H2,1H3,(H,37,42)(H,38,43)/t29-,30-,31-/m0/s1. The third-order valence-electron chi connectivity index (χ3n) is 8.73. The summed E-state index contributed by atoms with van der Waals surface area (Å²) in [5.74, 6) is -1.57. The van der Waals surface area contributed by atoms with E-state index < -0.39 is 17.3 Å². The summed E-state index contributed by atoms with van der Waals surface area (Å²) in [7, 11) is 1.56. The highest BCUT2D eigenvalue weighted by atomic mass is 32.1. The molecule has 3 aromatic carbocycles. The summed E-state index contributed by atoms with van der Waals surface area (Å²) in [4.78, 5) is 71.0. The smallest absolute Gasteiger partial charge is 0.261 e. The second-order valence-corrected chi connectivity index (χ2v) is 12.6. The summed E-state index contributed by atoms with van der Waals surface area (Å²) >= 11 is 4.56. The van der Waals surface area contributed by atoms with Crippen LogP contribution in [-0.4, -0.2) is 94.8 Å². The van der Waals surface area contributed by atoms with Gasteiger partial charge in [-0.1, -0.05) is 79.2 Å². The van der Waals surface area contributed by atoms with Crippen LogP contribution in [0.4, 0.5) is 0 Å². The van der Waals surface area contributed by atoms with Gasteiger partial charge in [0.05, 0.1) is 16.4 Å². The van der Waals surface area contributed by atoms with E-state index in [4.69, 9.17) is 0 Å². The van der Waals surface area contributed by atoms with Gasteiger partial charge in [0.25, 0.3) is 11.8 Å². The highest BCUT2D eigenvalue weighted by Gasteiger charge is 2.38. The van der Waals surface area contributed by atoms with Crippen molar-refractivity contribution in [3.05, 3.63) is 107 Å². The lowest BCUT2D eigenvalue weighted by molar-refractivity contribution is -0.142. The maximum atomic E-state index is 14.1. The molecule has 0 saturated carbocycles. The summed E-state index contributed by atoms with van der Waals surface area (Å²) in [5.41, 5.74) is 2.83. The maximum Gasteiger partial charge on any atom is 0.261 e. The van der Waals surface area contributed by atoms with Crippen LogP contribution in [-0.2, 0) is 27.3 Å². The van der Waals surface area contributed by atoms with Crippen LogP contribution in [0, 0.1) is 0 Å². The van der Waals surface area contributed by atoms with Crippen molar-refractivity contribution < 1.29 is 24.0 Å². The average molecular weight is 656 g/mol. The summed E-state index contributed by atoms with van der Waals surface area (Å²) < 4.78 is 0. The predicted molar refractivity (Wildman–Crippen MR) is 182 cm³/mol. The molecule has 2 aliphatic heterocycles. The van der Waals surface area contributed by atoms with Crippen LogP contribution < -0.4 is 10.6 Å². The fourth-order valence-electron chi connectivity index (χ4n) is 6.19. The molecule has 1 fully saturated rings.